The van der Waals surface area contributed by atoms with Crippen LogP contribution in [0.1, 0.15) is 41.4 Å². The number of furan rings is 1. The van der Waals surface area contributed by atoms with E-state index < -0.39 is 0 Å². The first-order valence-electron chi connectivity index (χ1n) is 10.5. The topological polar surface area (TPSA) is 65.8 Å². The quantitative estimate of drug-likeness (QED) is 0.657. The number of amides is 3. The van der Waals surface area contributed by atoms with Crippen molar-refractivity contribution in [2.45, 2.75) is 32.7 Å². The first-order valence-corrected chi connectivity index (χ1v) is 10.5. The summed E-state index contributed by atoms with van der Waals surface area (Å²) in [6.07, 6.45) is 2.87. The van der Waals surface area contributed by atoms with Crippen LogP contribution in [0.4, 0.5) is 10.5 Å². The second-order valence-corrected chi connectivity index (χ2v) is 7.72. The lowest BCUT2D eigenvalue weighted by atomic mass is 10.1. The maximum Gasteiger partial charge on any atom is 0.321 e. The molecule has 2 aromatic carbocycles. The molecule has 3 amide bonds. The molecule has 156 valence electrons. The summed E-state index contributed by atoms with van der Waals surface area (Å²) in [6.45, 7) is 4.09. The first kappa shape index (κ1) is 20.0. The molecule has 0 atom stereocenters. The summed E-state index contributed by atoms with van der Waals surface area (Å²) in [5, 5.41) is 3.95. The van der Waals surface area contributed by atoms with E-state index in [0.717, 1.165) is 54.6 Å². The van der Waals surface area contributed by atoms with Gasteiger partial charge in [0.15, 0.2) is 0 Å². The van der Waals surface area contributed by atoms with E-state index in [0.29, 0.717) is 17.8 Å². The molecule has 0 saturated carbocycles. The van der Waals surface area contributed by atoms with Crippen LogP contribution in [0, 0.1) is 0 Å². The van der Waals surface area contributed by atoms with Crippen LogP contribution in [0.15, 0.2) is 52.9 Å². The number of aryl methyl sites for hydroxylation is 1. The van der Waals surface area contributed by atoms with Gasteiger partial charge in [-0.15, -0.1) is 0 Å². The highest BCUT2D eigenvalue weighted by atomic mass is 16.3. The number of likely N-dealkylation sites (tertiary alicyclic amines) is 1. The van der Waals surface area contributed by atoms with Gasteiger partial charge < -0.3 is 19.5 Å². The first-order chi connectivity index (χ1) is 14.6. The summed E-state index contributed by atoms with van der Waals surface area (Å²) in [6, 6.07) is 14.8. The van der Waals surface area contributed by atoms with Crippen molar-refractivity contribution >= 4 is 28.6 Å². The van der Waals surface area contributed by atoms with E-state index in [2.05, 4.69) is 5.32 Å². The largest absolute Gasteiger partial charge is 0.461 e. The standard InChI is InChI=1S/C24H27N3O3/c1-3-21-20(19-11-4-5-12-22(19)30-21)16-26(2)24(29)25-18-10-8-9-17(15-18)23(28)27-13-6-7-14-27/h4-5,8-12,15H,3,6-7,13-14,16H2,1-2H3,(H,25,29). The van der Waals surface area contributed by atoms with Crippen molar-refractivity contribution in [1.82, 2.24) is 9.80 Å². The van der Waals surface area contributed by atoms with Crippen LogP contribution in [0.3, 0.4) is 0 Å². The van der Waals surface area contributed by atoms with Crippen LogP contribution in [0.2, 0.25) is 0 Å². The fourth-order valence-corrected chi connectivity index (χ4v) is 3.97. The van der Waals surface area contributed by atoms with E-state index in [4.69, 9.17) is 4.42 Å². The Hall–Kier alpha value is -3.28. The van der Waals surface area contributed by atoms with Gasteiger partial charge in [-0.25, -0.2) is 4.79 Å². The van der Waals surface area contributed by atoms with Crippen molar-refractivity contribution in [3.8, 4) is 0 Å². The molecule has 1 aromatic heterocycles. The molecule has 1 fully saturated rings. The fraction of sp³-hybridized carbons (Fsp3) is 0.333. The van der Waals surface area contributed by atoms with E-state index in [1.807, 2.05) is 36.1 Å². The number of benzene rings is 2. The molecule has 0 unspecified atom stereocenters. The summed E-state index contributed by atoms with van der Waals surface area (Å²) in [5.41, 5.74) is 3.09. The summed E-state index contributed by atoms with van der Waals surface area (Å²) >= 11 is 0. The monoisotopic (exact) mass is 405 g/mol. The molecular formula is C24H27N3O3. The molecule has 6 nitrogen and oxygen atoms in total. The lowest BCUT2D eigenvalue weighted by Gasteiger charge is -2.19. The van der Waals surface area contributed by atoms with Crippen LogP contribution < -0.4 is 5.32 Å². The molecule has 1 aliphatic rings. The molecule has 3 aromatic rings. The summed E-state index contributed by atoms with van der Waals surface area (Å²) in [5.74, 6) is 0.920. The molecule has 0 aliphatic carbocycles. The highest BCUT2D eigenvalue weighted by Gasteiger charge is 2.20. The fourth-order valence-electron chi connectivity index (χ4n) is 3.97. The minimum absolute atomic E-state index is 0.0226. The zero-order chi connectivity index (χ0) is 21.1. The number of para-hydroxylation sites is 1. The average molecular weight is 405 g/mol. The second-order valence-electron chi connectivity index (χ2n) is 7.72. The Kier molecular flexibility index (Phi) is 5.74. The third-order valence-electron chi connectivity index (χ3n) is 5.60. The summed E-state index contributed by atoms with van der Waals surface area (Å²) < 4.78 is 5.94. The van der Waals surface area contributed by atoms with Crippen LogP contribution >= 0.6 is 0 Å². The van der Waals surface area contributed by atoms with Gasteiger partial charge in [0, 0.05) is 48.8 Å². The lowest BCUT2D eigenvalue weighted by Crippen LogP contribution is -2.31. The predicted molar refractivity (Wildman–Crippen MR) is 118 cm³/mol. The van der Waals surface area contributed by atoms with E-state index in [9.17, 15) is 9.59 Å². The molecule has 2 heterocycles. The average Bonchev–Trinajstić information content (AvgIpc) is 3.42. The predicted octanol–water partition coefficient (Wildman–Crippen LogP) is 4.90. The van der Waals surface area contributed by atoms with Gasteiger partial charge in [0.05, 0.1) is 6.54 Å². The number of nitrogens with one attached hydrogen (secondary N) is 1. The normalized spacial score (nSPS) is 13.6. The summed E-state index contributed by atoms with van der Waals surface area (Å²) in [7, 11) is 1.76. The number of fused-ring (bicyclic) bond motifs is 1. The van der Waals surface area contributed by atoms with Gasteiger partial charge in [-0.3, -0.25) is 4.79 Å². The highest BCUT2D eigenvalue weighted by Crippen LogP contribution is 2.27. The van der Waals surface area contributed by atoms with Gasteiger partial charge in [0.1, 0.15) is 11.3 Å². The third kappa shape index (κ3) is 4.03. The number of carbonyl (C=O) groups is 2. The SMILES string of the molecule is CCc1oc2ccccc2c1CN(C)C(=O)Nc1cccc(C(=O)N2CCCC2)c1. The van der Waals surface area contributed by atoms with Crippen molar-refractivity contribution in [3.05, 3.63) is 65.4 Å². The second kappa shape index (κ2) is 8.61. The molecular weight excluding hydrogens is 378 g/mol. The highest BCUT2D eigenvalue weighted by molar-refractivity contribution is 5.97. The number of anilines is 1. The van der Waals surface area contributed by atoms with E-state index in [1.54, 1.807) is 36.2 Å². The molecule has 0 radical (unpaired) electrons. The van der Waals surface area contributed by atoms with Gasteiger partial charge in [-0.05, 0) is 37.1 Å². The van der Waals surface area contributed by atoms with Crippen molar-refractivity contribution in [3.63, 3.8) is 0 Å². The Bertz CT molecular complexity index is 1070. The van der Waals surface area contributed by atoms with Crippen LogP contribution in [-0.2, 0) is 13.0 Å². The van der Waals surface area contributed by atoms with E-state index in [1.165, 1.54) is 0 Å². The molecule has 0 spiro atoms. The third-order valence-corrected chi connectivity index (χ3v) is 5.60. The van der Waals surface area contributed by atoms with Gasteiger partial charge in [-0.1, -0.05) is 31.2 Å². The Balaban J connectivity index is 1.47. The van der Waals surface area contributed by atoms with Crippen LogP contribution in [-0.4, -0.2) is 41.9 Å². The number of hydrogen-bond donors (Lipinski definition) is 1. The van der Waals surface area contributed by atoms with Gasteiger partial charge in [0.25, 0.3) is 5.91 Å². The number of urea groups is 1. The molecule has 30 heavy (non-hydrogen) atoms. The van der Waals surface area contributed by atoms with Crippen molar-refractivity contribution in [2.75, 3.05) is 25.5 Å². The van der Waals surface area contributed by atoms with Crippen molar-refractivity contribution < 1.29 is 14.0 Å². The molecule has 0 bridgehead atoms. The lowest BCUT2D eigenvalue weighted by molar-refractivity contribution is 0.0793. The molecule has 1 aliphatic heterocycles. The smallest absolute Gasteiger partial charge is 0.321 e. The van der Waals surface area contributed by atoms with E-state index >= 15 is 0 Å². The zero-order valence-electron chi connectivity index (χ0n) is 17.5. The molecule has 1 N–H and O–H groups in total. The Morgan fingerprint density at radius 2 is 1.87 bits per heavy atom. The van der Waals surface area contributed by atoms with Crippen LogP contribution in [0.5, 0.6) is 0 Å². The van der Waals surface area contributed by atoms with Gasteiger partial charge in [-0.2, -0.15) is 0 Å². The maximum atomic E-state index is 12.8. The van der Waals surface area contributed by atoms with Crippen molar-refractivity contribution in [1.29, 1.82) is 0 Å². The Morgan fingerprint density at radius 3 is 2.63 bits per heavy atom. The number of carbonyl (C=O) groups excluding carboxylic acids is 2. The molecule has 1 saturated heterocycles. The minimum atomic E-state index is -0.229. The zero-order valence-corrected chi connectivity index (χ0v) is 17.5. The van der Waals surface area contributed by atoms with Crippen molar-refractivity contribution in [2.24, 2.45) is 0 Å². The number of rotatable bonds is 5. The Morgan fingerprint density at radius 1 is 1.10 bits per heavy atom. The summed E-state index contributed by atoms with van der Waals surface area (Å²) in [4.78, 5) is 28.9. The number of hydrogen-bond acceptors (Lipinski definition) is 3. The van der Waals surface area contributed by atoms with Gasteiger partial charge in [0.2, 0.25) is 0 Å². The minimum Gasteiger partial charge on any atom is -0.461 e. The maximum absolute atomic E-state index is 12.8. The molecule has 6 heteroatoms. The number of nitrogens with zero attached hydrogens (tertiary/aromatic N) is 2. The van der Waals surface area contributed by atoms with Crippen LogP contribution in [0.25, 0.3) is 11.0 Å². The van der Waals surface area contributed by atoms with E-state index in [-0.39, 0.29) is 11.9 Å². The molecule has 4 rings (SSSR count). The van der Waals surface area contributed by atoms with Gasteiger partial charge >= 0.3 is 6.03 Å². The Labute approximate surface area is 176 Å².